The van der Waals surface area contributed by atoms with E-state index in [9.17, 15) is 0 Å². The zero-order valence-electron chi connectivity index (χ0n) is 13.8. The van der Waals surface area contributed by atoms with Crippen LogP contribution in [0.15, 0.2) is 6.20 Å². The molecule has 0 saturated heterocycles. The Bertz CT molecular complexity index is 461. The lowest BCUT2D eigenvalue weighted by Crippen LogP contribution is -2.54. The van der Waals surface area contributed by atoms with Crippen molar-refractivity contribution in [1.29, 1.82) is 0 Å². The van der Waals surface area contributed by atoms with Crippen LogP contribution in [0.3, 0.4) is 0 Å². The Morgan fingerprint density at radius 3 is 2.62 bits per heavy atom. The Labute approximate surface area is 133 Å². The van der Waals surface area contributed by atoms with Crippen LogP contribution in [-0.2, 0) is 6.54 Å². The third-order valence-electron chi connectivity index (χ3n) is 5.17. The molecule has 1 atom stereocenters. The molecular weight excluding hydrogens is 284 g/mol. The van der Waals surface area contributed by atoms with Gasteiger partial charge in [-0.1, -0.05) is 25.4 Å². The molecule has 0 aliphatic heterocycles. The summed E-state index contributed by atoms with van der Waals surface area (Å²) >= 11 is 6.41. The van der Waals surface area contributed by atoms with Crippen LogP contribution in [0, 0.1) is 5.92 Å². The van der Waals surface area contributed by atoms with Crippen molar-refractivity contribution in [2.24, 2.45) is 11.7 Å². The number of nitrogens with two attached hydrogens (primary N) is 1. The smallest absolute Gasteiger partial charge is 0.0834 e. The number of likely N-dealkylation sites (N-methyl/N-ethyl adjacent to an activating group) is 1. The Hall–Kier alpha value is -0.580. The summed E-state index contributed by atoms with van der Waals surface area (Å²) in [7, 11) is 4.29. The summed E-state index contributed by atoms with van der Waals surface area (Å²) in [6.07, 6.45) is 7.47. The normalized spacial score (nSPS) is 28.0. The number of aromatic nitrogens is 2. The van der Waals surface area contributed by atoms with Crippen LogP contribution in [-0.4, -0.2) is 34.3 Å². The molecule has 1 saturated carbocycles. The van der Waals surface area contributed by atoms with E-state index in [1.807, 2.05) is 4.68 Å². The maximum absolute atomic E-state index is 6.74. The predicted octanol–water partition coefficient (Wildman–Crippen LogP) is 3.46. The first-order chi connectivity index (χ1) is 9.92. The maximum atomic E-state index is 6.74. The molecule has 2 N–H and O–H groups in total. The van der Waals surface area contributed by atoms with Crippen molar-refractivity contribution in [1.82, 2.24) is 14.7 Å². The standard InChI is InChI=1S/C16H29ClN4/c1-5-10-21-14(13(17)11-19-21)15(18)16(20(3)4)8-6-12(2)7-9-16/h11-12,15H,5-10,18H2,1-4H3. The SMILES string of the molecule is CCCn1ncc(Cl)c1C(N)C1(N(C)C)CCC(C)CC1. The lowest BCUT2D eigenvalue weighted by atomic mass is 9.71. The molecule has 0 radical (unpaired) electrons. The van der Waals surface area contributed by atoms with E-state index in [1.54, 1.807) is 6.20 Å². The molecule has 120 valence electrons. The molecule has 0 spiro atoms. The van der Waals surface area contributed by atoms with Gasteiger partial charge in [0.15, 0.2) is 0 Å². The van der Waals surface area contributed by atoms with Gasteiger partial charge < -0.3 is 10.6 Å². The first kappa shape index (κ1) is 16.8. The van der Waals surface area contributed by atoms with E-state index in [4.69, 9.17) is 17.3 Å². The minimum Gasteiger partial charge on any atom is -0.321 e. The van der Waals surface area contributed by atoms with E-state index in [0.717, 1.165) is 37.4 Å². The zero-order valence-corrected chi connectivity index (χ0v) is 14.5. The van der Waals surface area contributed by atoms with Crippen LogP contribution in [0.1, 0.15) is 57.7 Å². The summed E-state index contributed by atoms with van der Waals surface area (Å²) in [5.41, 5.74) is 7.73. The topological polar surface area (TPSA) is 47.1 Å². The average molecular weight is 313 g/mol. The zero-order chi connectivity index (χ0) is 15.6. The van der Waals surface area contributed by atoms with E-state index < -0.39 is 0 Å². The van der Waals surface area contributed by atoms with Crippen LogP contribution < -0.4 is 5.73 Å². The second kappa shape index (κ2) is 6.67. The van der Waals surface area contributed by atoms with Crippen LogP contribution in [0.4, 0.5) is 0 Å². The minimum atomic E-state index is -0.0958. The maximum Gasteiger partial charge on any atom is 0.0834 e. The molecule has 4 nitrogen and oxygen atoms in total. The lowest BCUT2D eigenvalue weighted by Gasteiger charge is -2.48. The van der Waals surface area contributed by atoms with Gasteiger partial charge >= 0.3 is 0 Å². The molecule has 0 aromatic carbocycles. The summed E-state index contributed by atoms with van der Waals surface area (Å²) < 4.78 is 2.00. The van der Waals surface area contributed by atoms with Crippen molar-refractivity contribution in [3.63, 3.8) is 0 Å². The third kappa shape index (κ3) is 3.13. The van der Waals surface area contributed by atoms with Crippen LogP contribution in [0.5, 0.6) is 0 Å². The monoisotopic (exact) mass is 312 g/mol. The van der Waals surface area contributed by atoms with Gasteiger partial charge in [0.1, 0.15) is 0 Å². The molecule has 21 heavy (non-hydrogen) atoms. The van der Waals surface area contributed by atoms with Gasteiger partial charge in [-0.2, -0.15) is 5.10 Å². The van der Waals surface area contributed by atoms with Crippen molar-refractivity contribution in [2.45, 2.75) is 64.1 Å². The van der Waals surface area contributed by atoms with Gasteiger partial charge in [0.25, 0.3) is 0 Å². The second-order valence-electron chi connectivity index (χ2n) is 6.76. The van der Waals surface area contributed by atoms with Crippen LogP contribution in [0.25, 0.3) is 0 Å². The fourth-order valence-corrected chi connectivity index (χ4v) is 3.88. The molecular formula is C16H29ClN4. The Morgan fingerprint density at radius 2 is 2.10 bits per heavy atom. The second-order valence-corrected chi connectivity index (χ2v) is 7.17. The summed E-state index contributed by atoms with van der Waals surface area (Å²) in [4.78, 5) is 2.31. The highest BCUT2D eigenvalue weighted by atomic mass is 35.5. The Balaban J connectivity index is 2.35. The molecule has 1 aliphatic carbocycles. The number of halogens is 1. The predicted molar refractivity (Wildman–Crippen MR) is 88.5 cm³/mol. The molecule has 1 aromatic rings. The first-order valence-corrected chi connectivity index (χ1v) is 8.44. The van der Waals surface area contributed by atoms with E-state index in [1.165, 1.54) is 12.8 Å². The van der Waals surface area contributed by atoms with Gasteiger partial charge in [0, 0.05) is 12.1 Å². The minimum absolute atomic E-state index is 0.0122. The summed E-state index contributed by atoms with van der Waals surface area (Å²) in [6.45, 7) is 5.35. The highest BCUT2D eigenvalue weighted by Gasteiger charge is 2.44. The van der Waals surface area contributed by atoms with Gasteiger partial charge in [-0.25, -0.2) is 0 Å². The third-order valence-corrected chi connectivity index (χ3v) is 5.46. The molecule has 1 aromatic heterocycles. The summed E-state index contributed by atoms with van der Waals surface area (Å²) in [5.74, 6) is 0.793. The molecule has 2 rings (SSSR count). The van der Waals surface area contributed by atoms with Gasteiger partial charge in [0.05, 0.1) is 23.0 Å². The number of nitrogens with zero attached hydrogens (tertiary/aromatic N) is 3. The van der Waals surface area contributed by atoms with E-state index in [-0.39, 0.29) is 11.6 Å². The fourth-order valence-electron chi connectivity index (χ4n) is 3.62. The van der Waals surface area contributed by atoms with Crippen LogP contribution in [0.2, 0.25) is 5.02 Å². The highest BCUT2D eigenvalue weighted by Crippen LogP contribution is 2.43. The number of rotatable bonds is 5. The van der Waals surface area contributed by atoms with Gasteiger partial charge in [-0.15, -0.1) is 0 Å². The van der Waals surface area contributed by atoms with Crippen molar-refractivity contribution in [3.8, 4) is 0 Å². The van der Waals surface area contributed by atoms with Gasteiger partial charge in [-0.05, 0) is 52.1 Å². The largest absolute Gasteiger partial charge is 0.321 e. The highest BCUT2D eigenvalue weighted by molar-refractivity contribution is 6.31. The molecule has 1 heterocycles. The van der Waals surface area contributed by atoms with E-state index in [0.29, 0.717) is 5.02 Å². The van der Waals surface area contributed by atoms with E-state index >= 15 is 0 Å². The van der Waals surface area contributed by atoms with Crippen molar-refractivity contribution in [3.05, 3.63) is 16.9 Å². The molecule has 1 unspecified atom stereocenters. The average Bonchev–Trinajstić information content (AvgIpc) is 2.80. The molecule has 1 fully saturated rings. The van der Waals surface area contributed by atoms with Gasteiger partial charge in [0.2, 0.25) is 0 Å². The number of hydrogen-bond acceptors (Lipinski definition) is 3. The fraction of sp³-hybridized carbons (Fsp3) is 0.812. The van der Waals surface area contributed by atoms with Crippen molar-refractivity contribution in [2.75, 3.05) is 14.1 Å². The Kier molecular flexibility index (Phi) is 5.33. The molecule has 0 amide bonds. The lowest BCUT2D eigenvalue weighted by molar-refractivity contribution is 0.0536. The summed E-state index contributed by atoms with van der Waals surface area (Å²) in [5, 5.41) is 5.12. The van der Waals surface area contributed by atoms with Crippen molar-refractivity contribution >= 4 is 11.6 Å². The number of hydrogen-bond donors (Lipinski definition) is 1. The summed E-state index contributed by atoms with van der Waals surface area (Å²) in [6, 6.07) is -0.0958. The molecule has 0 bridgehead atoms. The molecule has 1 aliphatic rings. The first-order valence-electron chi connectivity index (χ1n) is 8.06. The van der Waals surface area contributed by atoms with E-state index in [2.05, 4.69) is 37.9 Å². The Morgan fingerprint density at radius 1 is 1.48 bits per heavy atom. The quantitative estimate of drug-likeness (QED) is 0.905. The molecule has 5 heteroatoms. The number of aryl methyl sites for hydroxylation is 1. The van der Waals surface area contributed by atoms with Gasteiger partial charge in [-0.3, -0.25) is 4.68 Å². The van der Waals surface area contributed by atoms with Crippen molar-refractivity contribution < 1.29 is 0 Å². The van der Waals surface area contributed by atoms with Crippen LogP contribution >= 0.6 is 11.6 Å².